The summed E-state index contributed by atoms with van der Waals surface area (Å²) in [6, 6.07) is 10.4. The molecule has 0 radical (unpaired) electrons. The third kappa shape index (κ3) is 2.87. The van der Waals surface area contributed by atoms with E-state index < -0.39 is 0 Å². The Morgan fingerprint density at radius 3 is 2.58 bits per heavy atom. The van der Waals surface area contributed by atoms with Gasteiger partial charge in [0.2, 0.25) is 0 Å². The minimum absolute atomic E-state index is 0.683. The lowest BCUT2D eigenvalue weighted by atomic mass is 10.1. The zero-order chi connectivity index (χ0) is 13.1. The molecule has 3 nitrogen and oxygen atoms in total. The van der Waals surface area contributed by atoms with Crippen LogP contribution in [0.1, 0.15) is 31.2 Å². The molecule has 100 valence electrons. The van der Waals surface area contributed by atoms with Crippen LogP contribution in [0, 0.1) is 0 Å². The number of para-hydroxylation sites is 1. The molecule has 2 aromatic rings. The Morgan fingerprint density at radius 1 is 1.05 bits per heavy atom. The van der Waals surface area contributed by atoms with Crippen LogP contribution < -0.4 is 5.73 Å². The molecule has 1 aromatic carbocycles. The van der Waals surface area contributed by atoms with E-state index in [4.69, 9.17) is 5.73 Å². The van der Waals surface area contributed by atoms with Crippen LogP contribution >= 0.6 is 0 Å². The quantitative estimate of drug-likeness (QED) is 0.896. The molecule has 1 aliphatic rings. The highest BCUT2D eigenvalue weighted by Crippen LogP contribution is 2.21. The van der Waals surface area contributed by atoms with E-state index in [1.54, 1.807) is 0 Å². The van der Waals surface area contributed by atoms with E-state index in [1.807, 2.05) is 12.1 Å². The Bertz CT molecular complexity index is 557. The number of nitrogens with zero attached hydrogens (tertiary/aromatic N) is 2. The molecule has 0 aliphatic carbocycles. The number of hydrogen-bond donors (Lipinski definition) is 1. The smallest absolute Gasteiger partial charge is 0.128 e. The summed E-state index contributed by atoms with van der Waals surface area (Å²) in [6.45, 7) is 3.31. The number of fused-ring (bicyclic) bond motifs is 1. The van der Waals surface area contributed by atoms with Crippen molar-refractivity contribution in [2.24, 2.45) is 0 Å². The predicted molar refractivity (Wildman–Crippen MR) is 79.9 cm³/mol. The van der Waals surface area contributed by atoms with Gasteiger partial charge in [0.25, 0.3) is 0 Å². The molecule has 2 N–H and O–H groups in total. The van der Waals surface area contributed by atoms with Gasteiger partial charge in [-0.05, 0) is 38.1 Å². The van der Waals surface area contributed by atoms with E-state index in [0.29, 0.717) is 5.82 Å². The van der Waals surface area contributed by atoms with Gasteiger partial charge < -0.3 is 5.73 Å². The highest BCUT2D eigenvalue weighted by molar-refractivity contribution is 5.81. The number of pyridine rings is 1. The molecule has 19 heavy (non-hydrogen) atoms. The molecule has 1 aromatic heterocycles. The van der Waals surface area contributed by atoms with Crippen molar-refractivity contribution in [2.45, 2.75) is 32.2 Å². The van der Waals surface area contributed by atoms with E-state index in [-0.39, 0.29) is 0 Å². The highest BCUT2D eigenvalue weighted by atomic mass is 15.1. The fraction of sp³-hybridized carbons (Fsp3) is 0.438. The fourth-order valence-corrected chi connectivity index (χ4v) is 2.84. The monoisotopic (exact) mass is 255 g/mol. The number of anilines is 1. The first-order chi connectivity index (χ1) is 9.33. The number of nitrogen functional groups attached to an aromatic ring is 1. The van der Waals surface area contributed by atoms with Gasteiger partial charge in [0.1, 0.15) is 5.82 Å². The van der Waals surface area contributed by atoms with Crippen molar-refractivity contribution in [3.05, 3.63) is 35.9 Å². The molecule has 0 bridgehead atoms. The molecular formula is C16H21N3. The summed E-state index contributed by atoms with van der Waals surface area (Å²) in [5, 5.41) is 1.18. The summed E-state index contributed by atoms with van der Waals surface area (Å²) in [5.41, 5.74) is 8.26. The van der Waals surface area contributed by atoms with Crippen LogP contribution in [0.15, 0.2) is 30.3 Å². The van der Waals surface area contributed by atoms with Gasteiger partial charge in [-0.2, -0.15) is 0 Å². The largest absolute Gasteiger partial charge is 0.383 e. The first-order valence-electron chi connectivity index (χ1n) is 7.19. The third-order valence-corrected chi connectivity index (χ3v) is 3.93. The number of aromatic nitrogens is 1. The van der Waals surface area contributed by atoms with Gasteiger partial charge in [-0.15, -0.1) is 0 Å². The van der Waals surface area contributed by atoms with Gasteiger partial charge in [0.05, 0.1) is 5.52 Å². The Hall–Kier alpha value is -1.61. The zero-order valence-electron chi connectivity index (χ0n) is 11.3. The average Bonchev–Trinajstić information content (AvgIpc) is 2.68. The van der Waals surface area contributed by atoms with Crippen LogP contribution in [0.25, 0.3) is 10.9 Å². The topological polar surface area (TPSA) is 42.1 Å². The maximum Gasteiger partial charge on any atom is 0.128 e. The summed E-state index contributed by atoms with van der Waals surface area (Å²) in [5.74, 6) is 0.683. The highest BCUT2D eigenvalue weighted by Gasteiger charge is 2.12. The van der Waals surface area contributed by atoms with Crippen molar-refractivity contribution in [3.63, 3.8) is 0 Å². The fourth-order valence-electron chi connectivity index (χ4n) is 2.84. The van der Waals surface area contributed by atoms with Crippen molar-refractivity contribution in [3.8, 4) is 0 Å². The first-order valence-corrected chi connectivity index (χ1v) is 7.19. The molecule has 0 atom stereocenters. The second kappa shape index (κ2) is 5.57. The van der Waals surface area contributed by atoms with Gasteiger partial charge >= 0.3 is 0 Å². The molecule has 1 aliphatic heterocycles. The van der Waals surface area contributed by atoms with E-state index in [2.05, 4.69) is 28.1 Å². The third-order valence-electron chi connectivity index (χ3n) is 3.93. The van der Waals surface area contributed by atoms with E-state index in [9.17, 15) is 0 Å². The number of likely N-dealkylation sites (tertiary alicyclic amines) is 1. The van der Waals surface area contributed by atoms with Crippen LogP contribution in [0.5, 0.6) is 0 Å². The van der Waals surface area contributed by atoms with Crippen LogP contribution in [0.4, 0.5) is 5.82 Å². The van der Waals surface area contributed by atoms with Gasteiger partial charge in [-0.1, -0.05) is 31.0 Å². The van der Waals surface area contributed by atoms with Crippen LogP contribution in [-0.4, -0.2) is 23.0 Å². The van der Waals surface area contributed by atoms with Crippen molar-refractivity contribution in [2.75, 3.05) is 18.8 Å². The van der Waals surface area contributed by atoms with E-state index >= 15 is 0 Å². The van der Waals surface area contributed by atoms with Crippen molar-refractivity contribution >= 4 is 16.7 Å². The Kier molecular flexibility index (Phi) is 3.65. The second-order valence-corrected chi connectivity index (χ2v) is 5.42. The predicted octanol–water partition coefficient (Wildman–Crippen LogP) is 3.19. The van der Waals surface area contributed by atoms with Gasteiger partial charge in [-0.3, -0.25) is 4.90 Å². The molecule has 0 amide bonds. The number of nitrogens with two attached hydrogens (primary N) is 1. The summed E-state index contributed by atoms with van der Waals surface area (Å²) in [7, 11) is 0. The second-order valence-electron chi connectivity index (χ2n) is 5.42. The molecule has 1 fully saturated rings. The molecule has 2 heterocycles. The molecular weight excluding hydrogens is 234 g/mol. The number of hydrogen-bond acceptors (Lipinski definition) is 3. The SMILES string of the molecule is Nc1nc2ccccc2cc1CN1CCCCCC1. The first kappa shape index (κ1) is 12.4. The lowest BCUT2D eigenvalue weighted by molar-refractivity contribution is 0.277. The number of benzene rings is 1. The van der Waals surface area contributed by atoms with Crippen molar-refractivity contribution < 1.29 is 0 Å². The Labute approximate surface area is 114 Å². The number of rotatable bonds is 2. The van der Waals surface area contributed by atoms with Gasteiger partial charge in [0, 0.05) is 17.5 Å². The minimum Gasteiger partial charge on any atom is -0.383 e. The van der Waals surface area contributed by atoms with Crippen LogP contribution in [-0.2, 0) is 6.54 Å². The molecule has 0 unspecified atom stereocenters. The zero-order valence-corrected chi connectivity index (χ0v) is 11.3. The molecule has 0 saturated carbocycles. The normalized spacial score (nSPS) is 17.5. The lowest BCUT2D eigenvalue weighted by Gasteiger charge is -2.20. The van der Waals surface area contributed by atoms with Crippen LogP contribution in [0.3, 0.4) is 0 Å². The lowest BCUT2D eigenvalue weighted by Crippen LogP contribution is -2.24. The molecule has 3 heteroatoms. The molecule has 0 spiro atoms. The summed E-state index contributed by atoms with van der Waals surface area (Å²) in [6.07, 6.45) is 5.34. The standard InChI is InChI=1S/C16H21N3/c17-16-14(12-19-9-5-1-2-6-10-19)11-13-7-3-4-8-15(13)18-16/h3-4,7-8,11H,1-2,5-6,9-10,12H2,(H2,17,18). The van der Waals surface area contributed by atoms with E-state index in [0.717, 1.165) is 12.1 Å². The Morgan fingerprint density at radius 2 is 1.79 bits per heavy atom. The van der Waals surface area contributed by atoms with Crippen LogP contribution in [0.2, 0.25) is 0 Å². The molecule has 3 rings (SSSR count). The van der Waals surface area contributed by atoms with Crippen molar-refractivity contribution in [1.82, 2.24) is 9.88 Å². The Balaban J connectivity index is 1.85. The average molecular weight is 255 g/mol. The molecule has 1 saturated heterocycles. The van der Waals surface area contributed by atoms with Crippen molar-refractivity contribution in [1.29, 1.82) is 0 Å². The summed E-state index contributed by atoms with van der Waals surface area (Å²) >= 11 is 0. The van der Waals surface area contributed by atoms with E-state index in [1.165, 1.54) is 49.7 Å². The van der Waals surface area contributed by atoms with Gasteiger partial charge in [0.15, 0.2) is 0 Å². The maximum atomic E-state index is 6.11. The maximum absolute atomic E-state index is 6.11. The summed E-state index contributed by atoms with van der Waals surface area (Å²) < 4.78 is 0. The minimum atomic E-state index is 0.683. The van der Waals surface area contributed by atoms with Gasteiger partial charge in [-0.25, -0.2) is 4.98 Å². The summed E-state index contributed by atoms with van der Waals surface area (Å²) in [4.78, 5) is 7.02.